The zero-order chi connectivity index (χ0) is 14.4. The SMILES string of the molecule is Nc1cc2oc(=O)[nH]c2cc1Sc1nc2ccccc2o1. The van der Waals surface area contributed by atoms with Crippen molar-refractivity contribution in [3.8, 4) is 0 Å². The molecular formula is C14H9N3O3S. The number of para-hydroxylation sites is 2. The number of hydrogen-bond donors (Lipinski definition) is 2. The molecular weight excluding hydrogens is 290 g/mol. The summed E-state index contributed by atoms with van der Waals surface area (Å²) in [6, 6.07) is 10.9. The summed E-state index contributed by atoms with van der Waals surface area (Å²) in [5, 5.41) is 0.494. The molecule has 21 heavy (non-hydrogen) atoms. The third kappa shape index (κ3) is 2.07. The average Bonchev–Trinajstić information content (AvgIpc) is 3.00. The molecule has 4 aromatic rings. The molecule has 7 heteroatoms. The summed E-state index contributed by atoms with van der Waals surface area (Å²) < 4.78 is 10.6. The molecule has 2 heterocycles. The Hall–Kier alpha value is -2.67. The average molecular weight is 299 g/mol. The maximum atomic E-state index is 11.2. The van der Waals surface area contributed by atoms with Crippen molar-refractivity contribution in [1.29, 1.82) is 0 Å². The molecule has 2 aromatic carbocycles. The number of nitrogens with two attached hydrogens (primary N) is 1. The monoisotopic (exact) mass is 299 g/mol. The topological polar surface area (TPSA) is 98.0 Å². The minimum absolute atomic E-state index is 0.430. The summed E-state index contributed by atoms with van der Waals surface area (Å²) in [6.07, 6.45) is 0. The highest BCUT2D eigenvalue weighted by Gasteiger charge is 2.12. The lowest BCUT2D eigenvalue weighted by Gasteiger charge is -2.01. The third-order valence-corrected chi connectivity index (χ3v) is 3.95. The number of aromatic nitrogens is 2. The predicted molar refractivity (Wildman–Crippen MR) is 79.4 cm³/mol. The van der Waals surface area contributed by atoms with Gasteiger partial charge in [-0.05, 0) is 30.0 Å². The molecule has 2 aromatic heterocycles. The maximum absolute atomic E-state index is 11.2. The molecule has 0 radical (unpaired) electrons. The second kappa shape index (κ2) is 4.42. The zero-order valence-electron chi connectivity index (χ0n) is 10.6. The predicted octanol–water partition coefficient (Wildman–Crippen LogP) is 3.00. The van der Waals surface area contributed by atoms with Crippen molar-refractivity contribution < 1.29 is 8.83 Å². The van der Waals surface area contributed by atoms with E-state index in [1.165, 1.54) is 11.8 Å². The number of aromatic amines is 1. The van der Waals surface area contributed by atoms with Crippen LogP contribution in [0.15, 0.2) is 60.1 Å². The van der Waals surface area contributed by atoms with Crippen LogP contribution in [0.4, 0.5) is 5.69 Å². The fourth-order valence-corrected chi connectivity index (χ4v) is 2.89. The third-order valence-electron chi connectivity index (χ3n) is 3.02. The summed E-state index contributed by atoms with van der Waals surface area (Å²) in [5.74, 6) is -0.506. The molecule has 6 nitrogen and oxygen atoms in total. The van der Waals surface area contributed by atoms with Gasteiger partial charge in [-0.3, -0.25) is 4.98 Å². The van der Waals surface area contributed by atoms with Crippen LogP contribution in [-0.4, -0.2) is 9.97 Å². The number of oxazole rings is 2. The Morgan fingerprint density at radius 2 is 2.00 bits per heavy atom. The van der Waals surface area contributed by atoms with Crippen LogP contribution in [-0.2, 0) is 0 Å². The molecule has 4 rings (SSSR count). The molecule has 0 saturated heterocycles. The van der Waals surface area contributed by atoms with Crippen LogP contribution in [0.3, 0.4) is 0 Å². The van der Waals surface area contributed by atoms with Gasteiger partial charge >= 0.3 is 5.76 Å². The summed E-state index contributed by atoms with van der Waals surface area (Å²) in [4.78, 5) is 18.9. The van der Waals surface area contributed by atoms with Crippen LogP contribution in [0, 0.1) is 0 Å². The van der Waals surface area contributed by atoms with Gasteiger partial charge in [0.15, 0.2) is 11.2 Å². The standard InChI is InChI=1S/C14H9N3O3S/c15-7-5-11-9(16-13(18)19-11)6-12(7)21-14-17-8-3-1-2-4-10(8)20-14/h1-6H,15H2,(H,16,18). The number of benzene rings is 2. The minimum atomic E-state index is -0.506. The molecule has 0 atom stereocenters. The lowest BCUT2D eigenvalue weighted by Crippen LogP contribution is -1.93. The zero-order valence-corrected chi connectivity index (χ0v) is 11.4. The summed E-state index contributed by atoms with van der Waals surface area (Å²) in [7, 11) is 0. The maximum Gasteiger partial charge on any atom is 0.417 e. The summed E-state index contributed by atoms with van der Waals surface area (Å²) in [6.45, 7) is 0. The number of anilines is 1. The van der Waals surface area contributed by atoms with Crippen molar-refractivity contribution in [3.63, 3.8) is 0 Å². The highest BCUT2D eigenvalue weighted by molar-refractivity contribution is 7.99. The summed E-state index contributed by atoms with van der Waals surface area (Å²) in [5.41, 5.74) is 9.00. The van der Waals surface area contributed by atoms with Gasteiger partial charge in [0.1, 0.15) is 5.52 Å². The first-order valence-corrected chi connectivity index (χ1v) is 6.96. The number of hydrogen-bond acceptors (Lipinski definition) is 6. The van der Waals surface area contributed by atoms with Crippen LogP contribution < -0.4 is 11.5 Å². The largest absolute Gasteiger partial charge is 0.431 e. The van der Waals surface area contributed by atoms with E-state index in [9.17, 15) is 4.79 Å². The lowest BCUT2D eigenvalue weighted by atomic mass is 10.3. The molecule has 0 fully saturated rings. The molecule has 0 amide bonds. The quantitative estimate of drug-likeness (QED) is 0.552. The van der Waals surface area contributed by atoms with Crippen molar-refractivity contribution >= 4 is 39.6 Å². The first kappa shape index (κ1) is 12.1. The van der Waals surface area contributed by atoms with E-state index >= 15 is 0 Å². The van der Waals surface area contributed by atoms with Crippen LogP contribution in [0.5, 0.6) is 0 Å². The van der Waals surface area contributed by atoms with Crippen molar-refractivity contribution in [1.82, 2.24) is 9.97 Å². The van der Waals surface area contributed by atoms with E-state index in [0.717, 1.165) is 16.0 Å². The van der Waals surface area contributed by atoms with E-state index in [2.05, 4.69) is 9.97 Å². The number of nitrogens with one attached hydrogen (secondary N) is 1. The van der Waals surface area contributed by atoms with Gasteiger partial charge in [0.2, 0.25) is 0 Å². The Morgan fingerprint density at radius 3 is 2.86 bits per heavy atom. The summed E-state index contributed by atoms with van der Waals surface area (Å²) >= 11 is 1.30. The van der Waals surface area contributed by atoms with E-state index in [1.807, 2.05) is 24.3 Å². The molecule has 0 aliphatic carbocycles. The first-order chi connectivity index (χ1) is 10.2. The molecule has 0 saturated carbocycles. The van der Waals surface area contributed by atoms with Gasteiger partial charge in [-0.15, -0.1) is 0 Å². The molecule has 104 valence electrons. The van der Waals surface area contributed by atoms with Gasteiger partial charge in [0, 0.05) is 16.6 Å². The van der Waals surface area contributed by atoms with E-state index in [-0.39, 0.29) is 0 Å². The number of nitrogen functional groups attached to an aromatic ring is 1. The second-order valence-electron chi connectivity index (χ2n) is 4.45. The van der Waals surface area contributed by atoms with Crippen LogP contribution in [0.1, 0.15) is 0 Å². The Bertz CT molecular complexity index is 982. The second-order valence-corrected chi connectivity index (χ2v) is 5.44. The molecule has 0 aliphatic heterocycles. The van der Waals surface area contributed by atoms with Crippen molar-refractivity contribution in [2.75, 3.05) is 5.73 Å². The van der Waals surface area contributed by atoms with Gasteiger partial charge in [0.25, 0.3) is 5.22 Å². The highest BCUT2D eigenvalue weighted by Crippen LogP contribution is 2.35. The Kier molecular flexibility index (Phi) is 2.55. The number of H-pyrrole nitrogens is 1. The van der Waals surface area contributed by atoms with E-state index < -0.39 is 5.76 Å². The number of rotatable bonds is 2. The van der Waals surface area contributed by atoms with Gasteiger partial charge in [-0.1, -0.05) is 12.1 Å². The smallest absolute Gasteiger partial charge is 0.417 e. The van der Waals surface area contributed by atoms with Gasteiger partial charge in [0.05, 0.1) is 5.52 Å². The fourth-order valence-electron chi connectivity index (χ4n) is 2.07. The van der Waals surface area contributed by atoms with E-state index in [1.54, 1.807) is 12.1 Å². The Labute approximate surface area is 122 Å². The van der Waals surface area contributed by atoms with Gasteiger partial charge < -0.3 is 14.6 Å². The number of fused-ring (bicyclic) bond motifs is 2. The van der Waals surface area contributed by atoms with Crippen LogP contribution >= 0.6 is 11.8 Å². The van der Waals surface area contributed by atoms with Crippen molar-refractivity contribution in [2.24, 2.45) is 0 Å². The normalized spacial score (nSPS) is 11.4. The lowest BCUT2D eigenvalue weighted by molar-refractivity contribution is 0.489. The van der Waals surface area contributed by atoms with Gasteiger partial charge in [-0.25, -0.2) is 9.78 Å². The highest BCUT2D eigenvalue weighted by atomic mass is 32.2. The Morgan fingerprint density at radius 1 is 1.14 bits per heavy atom. The Balaban J connectivity index is 1.78. The molecule has 0 aliphatic rings. The van der Waals surface area contributed by atoms with Crippen LogP contribution in [0.2, 0.25) is 0 Å². The van der Waals surface area contributed by atoms with Gasteiger partial charge in [-0.2, -0.15) is 0 Å². The fraction of sp³-hybridized carbons (Fsp3) is 0. The minimum Gasteiger partial charge on any atom is -0.431 e. The van der Waals surface area contributed by atoms with E-state index in [0.29, 0.717) is 22.0 Å². The van der Waals surface area contributed by atoms with Crippen molar-refractivity contribution in [3.05, 3.63) is 46.9 Å². The molecule has 0 spiro atoms. The molecule has 0 bridgehead atoms. The first-order valence-electron chi connectivity index (χ1n) is 6.15. The number of nitrogens with zero attached hydrogens (tertiary/aromatic N) is 1. The molecule has 0 unspecified atom stereocenters. The van der Waals surface area contributed by atoms with Crippen molar-refractivity contribution in [2.45, 2.75) is 10.1 Å². The van der Waals surface area contributed by atoms with Crippen LogP contribution in [0.25, 0.3) is 22.2 Å². The van der Waals surface area contributed by atoms with E-state index in [4.69, 9.17) is 14.6 Å². The molecule has 3 N–H and O–H groups in total.